The van der Waals surface area contributed by atoms with Crippen LogP contribution >= 0.6 is 23.2 Å². The number of furan rings is 1. The van der Waals surface area contributed by atoms with Crippen molar-refractivity contribution in [1.82, 2.24) is 9.88 Å². The van der Waals surface area contributed by atoms with E-state index in [1.54, 1.807) is 36.4 Å². The maximum atomic E-state index is 14.1. The molecule has 2 aromatic carbocycles. The molecule has 4 aromatic rings. The van der Waals surface area contributed by atoms with Crippen molar-refractivity contribution >= 4 is 57.3 Å². The third-order valence-corrected chi connectivity index (χ3v) is 7.05. The van der Waals surface area contributed by atoms with Gasteiger partial charge in [-0.1, -0.05) is 41.4 Å². The molecular formula is C27H22Cl2F2N4O3. The molecule has 0 unspecified atom stereocenters. The first-order valence-corrected chi connectivity index (χ1v) is 12.5. The molecule has 2 aromatic heterocycles. The number of carbonyl (C=O) groups excluding carboxylic acids is 1. The lowest BCUT2D eigenvalue weighted by atomic mass is 9.99. The summed E-state index contributed by atoms with van der Waals surface area (Å²) < 4.78 is 39.8. The highest BCUT2D eigenvalue weighted by atomic mass is 35.5. The van der Waals surface area contributed by atoms with Crippen molar-refractivity contribution in [3.05, 3.63) is 87.7 Å². The van der Waals surface area contributed by atoms with Crippen LogP contribution in [0.25, 0.3) is 16.5 Å². The summed E-state index contributed by atoms with van der Waals surface area (Å²) >= 11 is 12.4. The number of hydrogen-bond acceptors (Lipinski definition) is 5. The Morgan fingerprint density at radius 2 is 2.00 bits per heavy atom. The van der Waals surface area contributed by atoms with Crippen LogP contribution in [0.3, 0.4) is 0 Å². The smallest absolute Gasteiger partial charge is 0.322 e. The number of amides is 2. The van der Waals surface area contributed by atoms with Crippen molar-refractivity contribution < 1.29 is 22.7 Å². The highest BCUT2D eigenvalue weighted by Crippen LogP contribution is 2.41. The predicted molar refractivity (Wildman–Crippen MR) is 143 cm³/mol. The van der Waals surface area contributed by atoms with E-state index in [9.17, 15) is 13.6 Å². The van der Waals surface area contributed by atoms with E-state index in [4.69, 9.17) is 38.1 Å². The molecule has 7 nitrogen and oxygen atoms in total. The minimum Gasteiger partial charge on any atom is -0.478 e. The highest BCUT2D eigenvalue weighted by molar-refractivity contribution is 6.36. The molecule has 5 rings (SSSR count). The van der Waals surface area contributed by atoms with Gasteiger partial charge in [0, 0.05) is 35.4 Å². The van der Waals surface area contributed by atoms with Crippen LogP contribution in [0, 0.1) is 11.6 Å². The molecule has 1 aliphatic rings. The number of nitrogens with one attached hydrogen (secondary N) is 1. The molecule has 38 heavy (non-hydrogen) atoms. The van der Waals surface area contributed by atoms with Gasteiger partial charge in [0.2, 0.25) is 5.75 Å². The predicted octanol–water partition coefficient (Wildman–Crippen LogP) is 7.46. The molecule has 1 aliphatic heterocycles. The summed E-state index contributed by atoms with van der Waals surface area (Å²) in [7, 11) is 0. The Hall–Kier alpha value is -3.82. The number of fused-ring (bicyclic) bond motifs is 1. The topological polar surface area (TPSA) is 93.6 Å². The number of ether oxygens (including phenoxy) is 1. The van der Waals surface area contributed by atoms with Gasteiger partial charge in [-0.25, -0.2) is 18.6 Å². The molecular weight excluding hydrogens is 537 g/mol. The van der Waals surface area contributed by atoms with Gasteiger partial charge in [-0.15, -0.1) is 0 Å². The number of anilines is 2. The van der Waals surface area contributed by atoms with Crippen molar-refractivity contribution in [1.29, 1.82) is 0 Å². The zero-order valence-corrected chi connectivity index (χ0v) is 21.6. The molecule has 196 valence electrons. The van der Waals surface area contributed by atoms with Crippen molar-refractivity contribution in [3.8, 4) is 5.75 Å². The zero-order chi connectivity index (χ0) is 27.0. The van der Waals surface area contributed by atoms with E-state index in [1.165, 1.54) is 24.3 Å². The fourth-order valence-corrected chi connectivity index (χ4v) is 5.03. The third kappa shape index (κ3) is 4.87. The summed E-state index contributed by atoms with van der Waals surface area (Å²) in [6, 6.07) is 8.19. The number of para-hydroxylation sites is 1. The van der Waals surface area contributed by atoms with Crippen LogP contribution in [-0.4, -0.2) is 29.0 Å². The van der Waals surface area contributed by atoms with Crippen LogP contribution < -0.4 is 15.8 Å². The molecule has 0 aliphatic carbocycles. The Kier molecular flexibility index (Phi) is 7.14. The monoisotopic (exact) mass is 558 g/mol. The SMILES string of the molecule is C[C@@H](Oc1c(N)ncc2c(C3=CCN(C(=O)Nc4ccccc4F)CC3)coc12)c1c(Cl)ccc(F)c1Cl. The van der Waals surface area contributed by atoms with Crippen molar-refractivity contribution in [2.24, 2.45) is 0 Å². The van der Waals surface area contributed by atoms with Crippen LogP contribution in [0.5, 0.6) is 5.75 Å². The van der Waals surface area contributed by atoms with E-state index < -0.39 is 23.8 Å². The van der Waals surface area contributed by atoms with E-state index in [-0.39, 0.29) is 32.9 Å². The van der Waals surface area contributed by atoms with E-state index >= 15 is 0 Å². The van der Waals surface area contributed by atoms with Crippen LogP contribution in [0.2, 0.25) is 10.0 Å². The number of nitrogen functional groups attached to an aromatic ring is 1. The van der Waals surface area contributed by atoms with Crippen LogP contribution in [0.4, 0.5) is 25.1 Å². The van der Waals surface area contributed by atoms with Gasteiger partial charge in [0.1, 0.15) is 17.7 Å². The number of nitrogens with zero attached hydrogens (tertiary/aromatic N) is 2. The molecule has 0 fully saturated rings. The fraction of sp³-hybridized carbons (Fsp3) is 0.185. The van der Waals surface area contributed by atoms with Gasteiger partial charge in [-0.2, -0.15) is 0 Å². The Morgan fingerprint density at radius 1 is 1.21 bits per heavy atom. The average Bonchev–Trinajstić information content (AvgIpc) is 3.34. The van der Waals surface area contributed by atoms with Gasteiger partial charge < -0.3 is 25.1 Å². The molecule has 0 saturated heterocycles. The number of rotatable bonds is 5. The van der Waals surface area contributed by atoms with E-state index in [1.807, 2.05) is 6.08 Å². The first kappa shape index (κ1) is 25.8. The van der Waals surface area contributed by atoms with Crippen LogP contribution in [0.15, 0.2) is 59.4 Å². The number of carbonyl (C=O) groups is 1. The van der Waals surface area contributed by atoms with Gasteiger partial charge >= 0.3 is 6.03 Å². The van der Waals surface area contributed by atoms with E-state index in [0.29, 0.717) is 30.5 Å². The molecule has 3 heterocycles. The van der Waals surface area contributed by atoms with Crippen LogP contribution in [-0.2, 0) is 0 Å². The third-order valence-electron chi connectivity index (χ3n) is 6.34. The Bertz CT molecular complexity index is 1570. The molecule has 1 atom stereocenters. The van der Waals surface area contributed by atoms with E-state index in [0.717, 1.165) is 11.1 Å². The van der Waals surface area contributed by atoms with Gasteiger partial charge in [0.15, 0.2) is 11.4 Å². The van der Waals surface area contributed by atoms with Gasteiger partial charge in [0.25, 0.3) is 0 Å². The van der Waals surface area contributed by atoms with Crippen molar-refractivity contribution in [2.75, 3.05) is 24.1 Å². The number of benzene rings is 2. The molecule has 0 bridgehead atoms. The lowest BCUT2D eigenvalue weighted by Crippen LogP contribution is -2.38. The summed E-state index contributed by atoms with van der Waals surface area (Å²) in [5.74, 6) is -0.852. The molecule has 0 spiro atoms. The van der Waals surface area contributed by atoms with Crippen molar-refractivity contribution in [2.45, 2.75) is 19.4 Å². The average molecular weight is 559 g/mol. The first-order chi connectivity index (χ1) is 18.2. The van der Waals surface area contributed by atoms with Gasteiger partial charge in [-0.3, -0.25) is 0 Å². The maximum Gasteiger partial charge on any atom is 0.322 e. The zero-order valence-electron chi connectivity index (χ0n) is 20.1. The van der Waals surface area contributed by atoms with Gasteiger partial charge in [-0.05, 0) is 43.2 Å². The molecule has 11 heteroatoms. The van der Waals surface area contributed by atoms with E-state index in [2.05, 4.69) is 10.3 Å². The minimum absolute atomic E-state index is 0.0857. The second kappa shape index (κ2) is 10.5. The summed E-state index contributed by atoms with van der Waals surface area (Å²) in [5.41, 5.74) is 8.59. The minimum atomic E-state index is -0.760. The van der Waals surface area contributed by atoms with Gasteiger partial charge in [0.05, 0.1) is 22.4 Å². The Morgan fingerprint density at radius 3 is 2.74 bits per heavy atom. The maximum absolute atomic E-state index is 14.1. The summed E-state index contributed by atoms with van der Waals surface area (Å²) in [5, 5.41) is 3.37. The summed E-state index contributed by atoms with van der Waals surface area (Å²) in [6.45, 7) is 2.40. The largest absolute Gasteiger partial charge is 0.478 e. The fourth-order valence-electron chi connectivity index (χ4n) is 4.35. The normalized spacial score (nSPS) is 14.3. The number of urea groups is 1. The Labute approximate surface area is 226 Å². The number of halogens is 4. The standard InChI is InChI=1S/C27H22Cl2F2N4O3/c1-14(22-18(28)6-7-20(31)23(22)29)38-25-24-16(12-33-26(25)32)17(13-37-24)15-8-10-35(11-9-15)27(36)34-21-5-3-2-4-19(21)30/h2-8,12-14H,9-11H2,1H3,(H2,32,33)(H,34,36)/t14-/m1/s1. The lowest BCUT2D eigenvalue weighted by molar-refractivity contribution is 0.217. The number of nitrogens with two attached hydrogens (primary N) is 1. The highest BCUT2D eigenvalue weighted by Gasteiger charge is 2.25. The molecule has 3 N–H and O–H groups in total. The molecule has 0 radical (unpaired) electrons. The Balaban J connectivity index is 1.37. The quantitative estimate of drug-likeness (QED) is 0.248. The first-order valence-electron chi connectivity index (χ1n) is 11.7. The number of hydrogen-bond donors (Lipinski definition) is 2. The summed E-state index contributed by atoms with van der Waals surface area (Å²) in [6.07, 6.45) is 4.84. The van der Waals surface area contributed by atoms with Crippen molar-refractivity contribution in [3.63, 3.8) is 0 Å². The molecule has 2 amide bonds. The molecule has 0 saturated carbocycles. The number of pyridine rings is 1. The second-order valence-corrected chi connectivity index (χ2v) is 9.50. The second-order valence-electron chi connectivity index (χ2n) is 8.72. The lowest BCUT2D eigenvalue weighted by Gasteiger charge is -2.26. The summed E-state index contributed by atoms with van der Waals surface area (Å²) in [4.78, 5) is 18.5. The van der Waals surface area contributed by atoms with Crippen LogP contribution in [0.1, 0.15) is 30.6 Å². The number of aromatic nitrogens is 1.